The molecule has 5 rings (SSSR count). The lowest BCUT2D eigenvalue weighted by molar-refractivity contribution is -0.0150. The topological polar surface area (TPSA) is 72.8 Å². The van der Waals surface area contributed by atoms with Gasteiger partial charge in [0.05, 0.1) is 17.2 Å². The van der Waals surface area contributed by atoms with Crippen LogP contribution in [0.5, 0.6) is 0 Å². The number of anilines is 1. The van der Waals surface area contributed by atoms with E-state index in [9.17, 15) is 9.90 Å². The minimum atomic E-state index is -0.911. The van der Waals surface area contributed by atoms with Crippen molar-refractivity contribution >= 4 is 45.8 Å². The lowest BCUT2D eigenvalue weighted by Crippen LogP contribution is -2.57. The van der Waals surface area contributed by atoms with Crippen LogP contribution >= 0.6 is 23.2 Å². The highest BCUT2D eigenvalue weighted by Crippen LogP contribution is 2.33. The van der Waals surface area contributed by atoms with Crippen molar-refractivity contribution in [3.63, 3.8) is 0 Å². The van der Waals surface area contributed by atoms with E-state index in [0.29, 0.717) is 54.9 Å². The van der Waals surface area contributed by atoms with E-state index in [4.69, 9.17) is 23.2 Å². The van der Waals surface area contributed by atoms with Crippen molar-refractivity contribution in [1.29, 1.82) is 0 Å². The van der Waals surface area contributed by atoms with Crippen molar-refractivity contribution in [2.24, 2.45) is 0 Å². The fourth-order valence-corrected chi connectivity index (χ4v) is 5.20. The van der Waals surface area contributed by atoms with Crippen LogP contribution in [0.25, 0.3) is 10.9 Å². The van der Waals surface area contributed by atoms with Gasteiger partial charge in [-0.15, -0.1) is 0 Å². The summed E-state index contributed by atoms with van der Waals surface area (Å²) in [7, 11) is 0. The summed E-state index contributed by atoms with van der Waals surface area (Å²) in [5.74, 6) is 0.813. The maximum Gasteiger partial charge on any atom is 0.253 e. The molecule has 3 heterocycles. The average Bonchev–Trinajstić information content (AvgIpc) is 3.13. The molecule has 2 aliphatic rings. The van der Waals surface area contributed by atoms with Gasteiger partial charge in [-0.1, -0.05) is 23.2 Å². The first-order chi connectivity index (χ1) is 15.8. The van der Waals surface area contributed by atoms with Crippen LogP contribution in [-0.2, 0) is 0 Å². The zero-order chi connectivity index (χ0) is 23.2. The van der Waals surface area contributed by atoms with Crippen LogP contribution in [0.4, 0.5) is 5.82 Å². The molecule has 3 aromatic rings. The first-order valence-corrected chi connectivity index (χ1v) is 11.7. The van der Waals surface area contributed by atoms with Gasteiger partial charge in [0.15, 0.2) is 0 Å². The van der Waals surface area contributed by atoms with Gasteiger partial charge in [-0.05, 0) is 49.4 Å². The van der Waals surface area contributed by atoms with E-state index >= 15 is 0 Å². The Morgan fingerprint density at radius 1 is 1.03 bits per heavy atom. The molecule has 0 bridgehead atoms. The molecule has 2 saturated heterocycles. The Morgan fingerprint density at radius 3 is 2.45 bits per heavy atom. The molecule has 9 heteroatoms. The van der Waals surface area contributed by atoms with Gasteiger partial charge in [0, 0.05) is 60.3 Å². The molecule has 1 N–H and O–H groups in total. The zero-order valence-electron chi connectivity index (χ0n) is 18.3. The molecule has 1 aromatic heterocycles. The van der Waals surface area contributed by atoms with Crippen molar-refractivity contribution in [3.8, 4) is 0 Å². The van der Waals surface area contributed by atoms with E-state index in [1.54, 1.807) is 24.3 Å². The van der Waals surface area contributed by atoms with Gasteiger partial charge in [-0.3, -0.25) is 9.69 Å². The summed E-state index contributed by atoms with van der Waals surface area (Å²) in [5.41, 5.74) is 0.513. The average molecular weight is 486 g/mol. The number of β-amino-alcohol motifs (C(OH)–C–C–N with tert-alkyl or cyclic N) is 1. The van der Waals surface area contributed by atoms with Crippen molar-refractivity contribution < 1.29 is 9.90 Å². The van der Waals surface area contributed by atoms with Gasteiger partial charge in [0.2, 0.25) is 0 Å². The molecular formula is C24H25Cl2N5O2. The summed E-state index contributed by atoms with van der Waals surface area (Å²) in [6.07, 6.45) is 1.54. The largest absolute Gasteiger partial charge is 0.387 e. The smallest absolute Gasteiger partial charge is 0.253 e. The van der Waals surface area contributed by atoms with Crippen LogP contribution in [0.15, 0.2) is 48.8 Å². The van der Waals surface area contributed by atoms with Crippen molar-refractivity contribution in [2.45, 2.75) is 18.6 Å². The SMILES string of the molecule is CC1(O)CN(c2ncnc3cc(Cl)ccc23)CC1N1CCN(C(=O)c2ccc(Cl)cc2)CC1. The number of aliphatic hydroxyl groups is 1. The molecule has 0 radical (unpaired) electrons. The van der Waals surface area contributed by atoms with Gasteiger partial charge < -0.3 is 14.9 Å². The summed E-state index contributed by atoms with van der Waals surface area (Å²) >= 11 is 12.1. The van der Waals surface area contributed by atoms with Crippen molar-refractivity contribution in [2.75, 3.05) is 44.2 Å². The Labute approximate surface area is 202 Å². The fraction of sp³-hybridized carbons (Fsp3) is 0.375. The lowest BCUT2D eigenvalue weighted by Gasteiger charge is -2.41. The van der Waals surface area contributed by atoms with Gasteiger partial charge in [-0.25, -0.2) is 9.97 Å². The van der Waals surface area contributed by atoms with E-state index in [-0.39, 0.29) is 11.9 Å². The van der Waals surface area contributed by atoms with Crippen LogP contribution in [0, 0.1) is 0 Å². The van der Waals surface area contributed by atoms with E-state index in [0.717, 1.165) is 16.7 Å². The number of fused-ring (bicyclic) bond motifs is 1. The third-order valence-electron chi connectivity index (χ3n) is 6.63. The molecule has 2 fully saturated rings. The molecule has 7 nitrogen and oxygen atoms in total. The van der Waals surface area contributed by atoms with Crippen LogP contribution in [0.1, 0.15) is 17.3 Å². The first-order valence-electron chi connectivity index (χ1n) is 11.0. The van der Waals surface area contributed by atoms with E-state index in [1.165, 1.54) is 6.33 Å². The number of aromatic nitrogens is 2. The first kappa shape index (κ1) is 22.3. The molecule has 1 amide bonds. The van der Waals surface area contributed by atoms with Crippen LogP contribution in [0.2, 0.25) is 10.0 Å². The minimum absolute atomic E-state index is 0.0113. The van der Waals surface area contributed by atoms with Gasteiger partial charge in [0.1, 0.15) is 12.1 Å². The highest BCUT2D eigenvalue weighted by Gasteiger charge is 2.46. The molecular weight excluding hydrogens is 461 g/mol. The van der Waals surface area contributed by atoms with E-state index < -0.39 is 5.60 Å². The maximum atomic E-state index is 12.8. The summed E-state index contributed by atoms with van der Waals surface area (Å²) < 4.78 is 0. The Kier molecular flexibility index (Phi) is 5.91. The minimum Gasteiger partial charge on any atom is -0.387 e. The fourth-order valence-electron chi connectivity index (χ4n) is 4.91. The summed E-state index contributed by atoms with van der Waals surface area (Å²) in [5, 5.41) is 13.5. The van der Waals surface area contributed by atoms with Gasteiger partial charge >= 0.3 is 0 Å². The van der Waals surface area contributed by atoms with Gasteiger partial charge in [0.25, 0.3) is 5.91 Å². The number of piperazine rings is 1. The molecule has 172 valence electrons. The highest BCUT2D eigenvalue weighted by molar-refractivity contribution is 6.31. The number of hydrogen-bond donors (Lipinski definition) is 1. The standard InChI is InChI=1S/C24H25Cl2N5O2/c1-24(33)14-31(22-19-7-6-18(26)12-20(19)27-15-28-22)13-21(24)29-8-10-30(11-9-29)23(32)16-2-4-17(25)5-3-16/h2-7,12,15,21,33H,8-11,13-14H2,1H3. The number of amides is 1. The third-order valence-corrected chi connectivity index (χ3v) is 7.12. The Balaban J connectivity index is 1.29. The quantitative estimate of drug-likeness (QED) is 0.613. The van der Waals surface area contributed by atoms with Crippen LogP contribution in [0.3, 0.4) is 0 Å². The Morgan fingerprint density at radius 2 is 1.73 bits per heavy atom. The highest BCUT2D eigenvalue weighted by atomic mass is 35.5. The molecule has 0 spiro atoms. The molecule has 33 heavy (non-hydrogen) atoms. The number of benzene rings is 2. The summed E-state index contributed by atoms with van der Waals surface area (Å²) in [4.78, 5) is 28.0. The number of carbonyl (C=O) groups excluding carboxylic acids is 1. The normalized spacial score (nSPS) is 23.9. The molecule has 0 aliphatic carbocycles. The second kappa shape index (κ2) is 8.72. The maximum absolute atomic E-state index is 12.8. The number of rotatable bonds is 3. The Bertz CT molecular complexity index is 1180. The molecule has 2 aliphatic heterocycles. The molecule has 2 unspecified atom stereocenters. The van der Waals surface area contributed by atoms with Crippen LogP contribution < -0.4 is 4.90 Å². The number of hydrogen-bond acceptors (Lipinski definition) is 6. The number of carbonyl (C=O) groups is 1. The molecule has 2 aromatic carbocycles. The monoisotopic (exact) mass is 485 g/mol. The zero-order valence-corrected chi connectivity index (χ0v) is 19.8. The number of halogens is 2. The summed E-state index contributed by atoms with van der Waals surface area (Å²) in [6.45, 7) is 5.63. The van der Waals surface area contributed by atoms with Crippen LogP contribution in [-0.4, -0.2) is 81.7 Å². The van der Waals surface area contributed by atoms with Crippen molar-refractivity contribution in [3.05, 3.63) is 64.4 Å². The predicted molar refractivity (Wildman–Crippen MR) is 130 cm³/mol. The van der Waals surface area contributed by atoms with Gasteiger partial charge in [-0.2, -0.15) is 0 Å². The van der Waals surface area contributed by atoms with Crippen molar-refractivity contribution in [1.82, 2.24) is 19.8 Å². The second-order valence-electron chi connectivity index (χ2n) is 8.95. The van der Waals surface area contributed by atoms with E-state index in [2.05, 4.69) is 19.8 Å². The summed E-state index contributed by atoms with van der Waals surface area (Å²) in [6, 6.07) is 12.5. The third kappa shape index (κ3) is 4.38. The molecule has 2 atom stereocenters. The Hall–Kier alpha value is -2.45. The number of nitrogens with zero attached hydrogens (tertiary/aromatic N) is 5. The van der Waals surface area contributed by atoms with E-state index in [1.807, 2.05) is 30.0 Å². The molecule has 0 saturated carbocycles. The lowest BCUT2D eigenvalue weighted by atomic mass is 9.98. The predicted octanol–water partition coefficient (Wildman–Crippen LogP) is 3.33. The second-order valence-corrected chi connectivity index (χ2v) is 9.82.